The van der Waals surface area contributed by atoms with Crippen LogP contribution in [0.15, 0.2) is 48.5 Å². The number of amides is 2. The van der Waals surface area contributed by atoms with Gasteiger partial charge in [0.25, 0.3) is 11.8 Å². The van der Waals surface area contributed by atoms with E-state index in [0.717, 1.165) is 24.9 Å². The number of piperidine rings is 1. The molecule has 1 heterocycles. The predicted molar refractivity (Wildman–Crippen MR) is 111 cm³/mol. The van der Waals surface area contributed by atoms with Crippen LogP contribution in [0.4, 0.5) is 5.69 Å². The first-order valence-electron chi connectivity index (χ1n) is 9.04. The van der Waals surface area contributed by atoms with Crippen molar-refractivity contribution in [3.05, 3.63) is 65.2 Å². The lowest BCUT2D eigenvalue weighted by Gasteiger charge is -2.28. The highest BCUT2D eigenvalue weighted by atomic mass is 35.5. The summed E-state index contributed by atoms with van der Waals surface area (Å²) in [5, 5.41) is 9.39. The molecule has 3 N–H and O–H groups in total. The number of hydrogen-bond donors (Lipinski definition) is 3. The Kier molecular flexibility index (Phi) is 7.39. The van der Waals surface area contributed by atoms with Crippen molar-refractivity contribution in [3.63, 3.8) is 0 Å². The van der Waals surface area contributed by atoms with E-state index in [4.69, 9.17) is 0 Å². The fraction of sp³-hybridized carbons (Fsp3) is 0.333. The minimum Gasteiger partial charge on any atom is -0.349 e. The number of benzene rings is 2. The van der Waals surface area contributed by atoms with Crippen molar-refractivity contribution in [3.8, 4) is 0 Å². The number of carbonyl (C=O) groups is 2. The highest BCUT2D eigenvalue weighted by Gasteiger charge is 2.21. The van der Waals surface area contributed by atoms with Gasteiger partial charge in [0, 0.05) is 28.9 Å². The quantitative estimate of drug-likeness (QED) is 0.751. The van der Waals surface area contributed by atoms with E-state index in [1.165, 1.54) is 0 Å². The van der Waals surface area contributed by atoms with Crippen LogP contribution in [0.3, 0.4) is 0 Å². The Bertz CT molecular complexity index is 795. The maximum Gasteiger partial charge on any atom is 0.255 e. The van der Waals surface area contributed by atoms with Crippen molar-refractivity contribution >= 4 is 29.9 Å². The minimum absolute atomic E-state index is 0. The SMILES string of the molecule is Cc1ccc(C(=O)NC2CCNC(C)C2)cc1NC(=O)c1ccccc1.Cl. The number of nitrogens with one attached hydrogen (secondary N) is 3. The summed E-state index contributed by atoms with van der Waals surface area (Å²) in [6.45, 7) is 4.95. The third-order valence-electron chi connectivity index (χ3n) is 4.74. The highest BCUT2D eigenvalue weighted by molar-refractivity contribution is 6.05. The lowest BCUT2D eigenvalue weighted by molar-refractivity contribution is 0.0924. The Morgan fingerprint density at radius 2 is 1.78 bits per heavy atom. The molecule has 6 heteroatoms. The minimum atomic E-state index is -0.182. The second-order valence-corrected chi connectivity index (χ2v) is 6.90. The Balaban J connectivity index is 0.00000261. The van der Waals surface area contributed by atoms with Crippen LogP contribution in [0.1, 0.15) is 46.0 Å². The Hall–Kier alpha value is -2.37. The van der Waals surface area contributed by atoms with Gasteiger partial charge in [0.1, 0.15) is 0 Å². The average molecular weight is 388 g/mol. The van der Waals surface area contributed by atoms with Gasteiger partial charge in [-0.2, -0.15) is 0 Å². The summed E-state index contributed by atoms with van der Waals surface area (Å²) in [6, 6.07) is 15.0. The van der Waals surface area contributed by atoms with Crippen molar-refractivity contribution < 1.29 is 9.59 Å². The molecule has 27 heavy (non-hydrogen) atoms. The lowest BCUT2D eigenvalue weighted by atomic mass is 10.00. The normalized spacial score (nSPS) is 18.9. The lowest BCUT2D eigenvalue weighted by Crippen LogP contribution is -2.46. The van der Waals surface area contributed by atoms with Crippen molar-refractivity contribution in [2.45, 2.75) is 38.8 Å². The van der Waals surface area contributed by atoms with Crippen LogP contribution < -0.4 is 16.0 Å². The van der Waals surface area contributed by atoms with E-state index >= 15 is 0 Å². The van der Waals surface area contributed by atoms with E-state index in [2.05, 4.69) is 22.9 Å². The summed E-state index contributed by atoms with van der Waals surface area (Å²) in [5.74, 6) is -0.280. The second-order valence-electron chi connectivity index (χ2n) is 6.90. The van der Waals surface area contributed by atoms with Gasteiger partial charge in [-0.15, -0.1) is 12.4 Å². The van der Waals surface area contributed by atoms with Gasteiger partial charge in [0.05, 0.1) is 0 Å². The van der Waals surface area contributed by atoms with Crippen LogP contribution in [-0.2, 0) is 0 Å². The average Bonchev–Trinajstić information content (AvgIpc) is 2.64. The molecule has 1 aliphatic rings. The maximum atomic E-state index is 12.6. The van der Waals surface area contributed by atoms with Crippen LogP contribution in [0.2, 0.25) is 0 Å². The topological polar surface area (TPSA) is 70.2 Å². The molecule has 2 amide bonds. The largest absolute Gasteiger partial charge is 0.349 e. The van der Waals surface area contributed by atoms with Crippen LogP contribution in [0.5, 0.6) is 0 Å². The first-order valence-corrected chi connectivity index (χ1v) is 9.04. The molecule has 3 rings (SSSR count). The molecular weight excluding hydrogens is 362 g/mol. The van der Waals surface area contributed by atoms with E-state index in [0.29, 0.717) is 22.9 Å². The molecule has 0 bridgehead atoms. The van der Waals surface area contributed by atoms with Gasteiger partial charge in [-0.3, -0.25) is 9.59 Å². The summed E-state index contributed by atoms with van der Waals surface area (Å²) >= 11 is 0. The van der Waals surface area contributed by atoms with E-state index in [1.807, 2.05) is 31.2 Å². The van der Waals surface area contributed by atoms with Gasteiger partial charge in [-0.25, -0.2) is 0 Å². The molecule has 0 saturated carbocycles. The maximum absolute atomic E-state index is 12.6. The van der Waals surface area contributed by atoms with Gasteiger partial charge in [-0.05, 0) is 63.1 Å². The number of aryl methyl sites for hydroxylation is 1. The molecule has 2 unspecified atom stereocenters. The molecule has 2 aromatic rings. The van der Waals surface area contributed by atoms with Crippen molar-refractivity contribution in [1.82, 2.24) is 10.6 Å². The predicted octanol–water partition coefficient (Wildman–Crippen LogP) is 3.54. The summed E-state index contributed by atoms with van der Waals surface area (Å²) < 4.78 is 0. The zero-order valence-corrected chi connectivity index (χ0v) is 16.4. The Labute approximate surface area is 166 Å². The molecule has 144 valence electrons. The van der Waals surface area contributed by atoms with E-state index < -0.39 is 0 Å². The summed E-state index contributed by atoms with van der Waals surface area (Å²) in [5.41, 5.74) is 2.72. The zero-order chi connectivity index (χ0) is 18.5. The number of halogens is 1. The standard InChI is InChI=1S/C21H25N3O2.ClH/c1-14-8-9-17(21(26)23-18-10-11-22-15(2)12-18)13-19(14)24-20(25)16-6-4-3-5-7-16;/h3-9,13,15,18,22H,10-12H2,1-2H3,(H,23,26)(H,24,25);1H. The molecule has 1 fully saturated rings. The highest BCUT2D eigenvalue weighted by Crippen LogP contribution is 2.19. The number of carbonyl (C=O) groups excluding carboxylic acids is 2. The van der Waals surface area contributed by atoms with Crippen LogP contribution >= 0.6 is 12.4 Å². The number of rotatable bonds is 4. The molecule has 0 aromatic heterocycles. The van der Waals surface area contributed by atoms with Gasteiger partial charge in [0.2, 0.25) is 0 Å². The molecule has 0 aliphatic carbocycles. The zero-order valence-electron chi connectivity index (χ0n) is 15.6. The molecule has 0 radical (unpaired) electrons. The third-order valence-corrected chi connectivity index (χ3v) is 4.74. The van der Waals surface area contributed by atoms with Crippen LogP contribution in [-0.4, -0.2) is 30.4 Å². The smallest absolute Gasteiger partial charge is 0.255 e. The summed E-state index contributed by atoms with van der Waals surface area (Å²) in [4.78, 5) is 25.0. The third kappa shape index (κ3) is 5.55. The Morgan fingerprint density at radius 3 is 2.48 bits per heavy atom. The summed E-state index contributed by atoms with van der Waals surface area (Å²) in [6.07, 6.45) is 1.86. The molecule has 1 aliphatic heterocycles. The van der Waals surface area contributed by atoms with Crippen molar-refractivity contribution in [2.75, 3.05) is 11.9 Å². The van der Waals surface area contributed by atoms with Gasteiger partial charge in [0.15, 0.2) is 0 Å². The molecule has 1 saturated heterocycles. The van der Waals surface area contributed by atoms with E-state index in [1.54, 1.807) is 24.3 Å². The van der Waals surface area contributed by atoms with E-state index in [-0.39, 0.29) is 30.3 Å². The molecular formula is C21H26ClN3O2. The van der Waals surface area contributed by atoms with Gasteiger partial charge >= 0.3 is 0 Å². The number of anilines is 1. The van der Waals surface area contributed by atoms with Gasteiger partial charge < -0.3 is 16.0 Å². The summed E-state index contributed by atoms with van der Waals surface area (Å²) in [7, 11) is 0. The molecule has 0 spiro atoms. The first kappa shape index (κ1) is 20.9. The second kappa shape index (κ2) is 9.53. The van der Waals surface area contributed by atoms with Crippen LogP contribution in [0.25, 0.3) is 0 Å². The fourth-order valence-corrected chi connectivity index (χ4v) is 3.21. The fourth-order valence-electron chi connectivity index (χ4n) is 3.21. The first-order chi connectivity index (χ1) is 12.5. The number of hydrogen-bond acceptors (Lipinski definition) is 3. The van der Waals surface area contributed by atoms with Gasteiger partial charge in [-0.1, -0.05) is 24.3 Å². The molecule has 5 nitrogen and oxygen atoms in total. The molecule has 2 atom stereocenters. The van der Waals surface area contributed by atoms with Crippen LogP contribution in [0, 0.1) is 6.92 Å². The molecule has 2 aromatic carbocycles. The van der Waals surface area contributed by atoms with Crippen molar-refractivity contribution in [2.24, 2.45) is 0 Å². The van der Waals surface area contributed by atoms with E-state index in [9.17, 15) is 9.59 Å². The van der Waals surface area contributed by atoms with Crippen molar-refractivity contribution in [1.29, 1.82) is 0 Å². The monoisotopic (exact) mass is 387 g/mol. The Morgan fingerprint density at radius 1 is 1.04 bits per heavy atom.